The van der Waals surface area contributed by atoms with Gasteiger partial charge in [0.25, 0.3) is 0 Å². The van der Waals surface area contributed by atoms with Crippen LogP contribution in [-0.4, -0.2) is 33.0 Å². The topological polar surface area (TPSA) is 62.3 Å². The largest absolute Gasteiger partial charge is 0.348 e. The van der Waals surface area contributed by atoms with E-state index in [1.54, 1.807) is 23.5 Å². The highest BCUT2D eigenvalue weighted by atomic mass is 32.2. The molecule has 0 radical (unpaired) electrons. The molecule has 0 spiro atoms. The predicted molar refractivity (Wildman–Crippen MR) is 98.1 cm³/mol. The summed E-state index contributed by atoms with van der Waals surface area (Å²) in [4.78, 5) is 6.95. The van der Waals surface area contributed by atoms with Gasteiger partial charge in [-0.2, -0.15) is 0 Å². The van der Waals surface area contributed by atoms with Crippen LogP contribution in [0.2, 0.25) is 0 Å². The first-order chi connectivity index (χ1) is 11.6. The summed E-state index contributed by atoms with van der Waals surface area (Å²) in [6, 6.07) is 7.12. The Morgan fingerprint density at radius 2 is 2.12 bits per heavy atom. The van der Waals surface area contributed by atoms with Gasteiger partial charge in [0.2, 0.25) is 10.0 Å². The molecule has 1 aliphatic rings. The van der Waals surface area contributed by atoms with Gasteiger partial charge in [-0.15, -0.1) is 11.3 Å². The lowest BCUT2D eigenvalue weighted by Gasteiger charge is -2.32. The Morgan fingerprint density at radius 3 is 2.79 bits per heavy atom. The second-order valence-electron chi connectivity index (χ2n) is 6.12. The summed E-state index contributed by atoms with van der Waals surface area (Å²) in [5.74, 6) is 0.312. The molecule has 1 aliphatic heterocycles. The molecule has 0 bridgehead atoms. The van der Waals surface area contributed by atoms with Gasteiger partial charge in [0, 0.05) is 31.2 Å². The van der Waals surface area contributed by atoms with E-state index in [9.17, 15) is 8.42 Å². The number of benzene rings is 1. The van der Waals surface area contributed by atoms with E-state index in [1.807, 2.05) is 23.7 Å². The van der Waals surface area contributed by atoms with Gasteiger partial charge in [0.15, 0.2) is 5.13 Å². The van der Waals surface area contributed by atoms with E-state index < -0.39 is 10.0 Å². The summed E-state index contributed by atoms with van der Waals surface area (Å²) in [5.41, 5.74) is 1.14. The van der Waals surface area contributed by atoms with E-state index in [0.29, 0.717) is 17.4 Å². The van der Waals surface area contributed by atoms with Crippen molar-refractivity contribution in [1.29, 1.82) is 0 Å². The standard InChI is InChI=1S/C17H23N3O2S2/c1-2-14-5-7-16(8-6-14)24(21,22)19-12-15-4-3-10-20(13-15)17-18-9-11-23-17/h5-9,11,15,19H,2-4,10,12-13H2,1H3. The first kappa shape index (κ1) is 17.4. The molecule has 2 heterocycles. The number of rotatable bonds is 6. The van der Waals surface area contributed by atoms with Crippen LogP contribution in [0.25, 0.3) is 0 Å². The highest BCUT2D eigenvalue weighted by Crippen LogP contribution is 2.24. The van der Waals surface area contributed by atoms with Crippen LogP contribution >= 0.6 is 11.3 Å². The first-order valence-corrected chi connectivity index (χ1v) is 10.7. The van der Waals surface area contributed by atoms with E-state index in [1.165, 1.54) is 0 Å². The SMILES string of the molecule is CCc1ccc(S(=O)(=O)NCC2CCCN(c3nccs3)C2)cc1. The van der Waals surface area contributed by atoms with Gasteiger partial charge >= 0.3 is 0 Å². The molecule has 1 aromatic heterocycles. The fraction of sp³-hybridized carbons (Fsp3) is 0.471. The highest BCUT2D eigenvalue weighted by molar-refractivity contribution is 7.89. The van der Waals surface area contributed by atoms with Crippen molar-refractivity contribution in [3.05, 3.63) is 41.4 Å². The van der Waals surface area contributed by atoms with Gasteiger partial charge in [-0.25, -0.2) is 18.1 Å². The number of hydrogen-bond donors (Lipinski definition) is 1. The van der Waals surface area contributed by atoms with Gasteiger partial charge < -0.3 is 4.90 Å². The Bertz CT molecular complexity index is 743. The predicted octanol–water partition coefficient (Wildman–Crippen LogP) is 2.90. The lowest BCUT2D eigenvalue weighted by atomic mass is 9.99. The molecular formula is C17H23N3O2S2. The molecule has 130 valence electrons. The Labute approximate surface area is 147 Å². The fourth-order valence-electron chi connectivity index (χ4n) is 2.99. The van der Waals surface area contributed by atoms with Crippen LogP contribution in [0.4, 0.5) is 5.13 Å². The fourth-order valence-corrected chi connectivity index (χ4v) is 4.79. The second-order valence-corrected chi connectivity index (χ2v) is 8.76. The van der Waals surface area contributed by atoms with E-state index in [2.05, 4.69) is 21.5 Å². The maximum atomic E-state index is 12.4. The zero-order valence-electron chi connectivity index (χ0n) is 13.8. The normalized spacial score (nSPS) is 18.7. The molecule has 7 heteroatoms. The minimum Gasteiger partial charge on any atom is -0.348 e. The minimum atomic E-state index is -3.44. The number of aryl methyl sites for hydroxylation is 1. The van der Waals surface area contributed by atoms with Crippen LogP contribution in [0.5, 0.6) is 0 Å². The van der Waals surface area contributed by atoms with Gasteiger partial charge in [-0.3, -0.25) is 0 Å². The molecule has 1 aromatic carbocycles. The Kier molecular flexibility index (Phi) is 5.53. The number of nitrogens with one attached hydrogen (secondary N) is 1. The summed E-state index contributed by atoms with van der Waals surface area (Å²) in [6.45, 7) is 4.37. The highest BCUT2D eigenvalue weighted by Gasteiger charge is 2.23. The maximum absolute atomic E-state index is 12.4. The molecule has 1 unspecified atom stereocenters. The number of hydrogen-bond acceptors (Lipinski definition) is 5. The Balaban J connectivity index is 1.59. The number of aromatic nitrogens is 1. The van der Waals surface area contributed by atoms with Crippen molar-refractivity contribution in [1.82, 2.24) is 9.71 Å². The molecule has 1 atom stereocenters. The van der Waals surface area contributed by atoms with Crippen molar-refractivity contribution in [2.24, 2.45) is 5.92 Å². The number of thiazole rings is 1. The van der Waals surface area contributed by atoms with Gasteiger partial charge in [-0.1, -0.05) is 19.1 Å². The maximum Gasteiger partial charge on any atom is 0.240 e. The lowest BCUT2D eigenvalue weighted by Crippen LogP contribution is -2.41. The van der Waals surface area contributed by atoms with Crippen LogP contribution in [0.3, 0.4) is 0 Å². The van der Waals surface area contributed by atoms with Gasteiger partial charge in [0.1, 0.15) is 0 Å². The third-order valence-corrected chi connectivity index (χ3v) is 6.68. The number of nitrogens with zero attached hydrogens (tertiary/aromatic N) is 2. The average Bonchev–Trinajstić information content (AvgIpc) is 3.15. The third kappa shape index (κ3) is 4.15. The van der Waals surface area contributed by atoms with Crippen LogP contribution in [-0.2, 0) is 16.4 Å². The zero-order chi connectivity index (χ0) is 17.0. The number of anilines is 1. The van der Waals surface area contributed by atoms with E-state index in [-0.39, 0.29) is 0 Å². The summed E-state index contributed by atoms with van der Waals surface area (Å²) in [7, 11) is -3.44. The number of piperidine rings is 1. The third-order valence-electron chi connectivity index (χ3n) is 4.41. The van der Waals surface area contributed by atoms with Crippen LogP contribution in [0.1, 0.15) is 25.3 Å². The molecule has 3 rings (SSSR count). The van der Waals surface area contributed by atoms with E-state index >= 15 is 0 Å². The smallest absolute Gasteiger partial charge is 0.240 e. The first-order valence-electron chi connectivity index (χ1n) is 8.31. The molecule has 1 fully saturated rings. The minimum absolute atomic E-state index is 0.312. The Hall–Kier alpha value is -1.44. The average molecular weight is 366 g/mol. The van der Waals surface area contributed by atoms with Crippen LogP contribution in [0.15, 0.2) is 40.7 Å². The molecule has 1 saturated heterocycles. The molecule has 0 amide bonds. The quantitative estimate of drug-likeness (QED) is 0.855. The zero-order valence-corrected chi connectivity index (χ0v) is 15.4. The van der Waals surface area contributed by atoms with Gasteiger partial charge in [-0.05, 0) is 42.9 Å². The molecule has 2 aromatic rings. The van der Waals surface area contributed by atoms with E-state index in [0.717, 1.165) is 43.0 Å². The van der Waals surface area contributed by atoms with Crippen molar-refractivity contribution in [2.75, 3.05) is 24.5 Å². The van der Waals surface area contributed by atoms with Crippen LogP contribution < -0.4 is 9.62 Å². The molecule has 5 nitrogen and oxygen atoms in total. The summed E-state index contributed by atoms with van der Waals surface area (Å²) >= 11 is 1.63. The van der Waals surface area contributed by atoms with Crippen molar-refractivity contribution in [3.63, 3.8) is 0 Å². The van der Waals surface area contributed by atoms with Crippen molar-refractivity contribution < 1.29 is 8.42 Å². The van der Waals surface area contributed by atoms with Crippen LogP contribution in [0, 0.1) is 5.92 Å². The Morgan fingerprint density at radius 1 is 1.33 bits per heavy atom. The lowest BCUT2D eigenvalue weighted by molar-refractivity contribution is 0.410. The molecule has 1 N–H and O–H groups in total. The molecule has 0 aliphatic carbocycles. The summed E-state index contributed by atoms with van der Waals surface area (Å²) in [5, 5.41) is 3.00. The number of sulfonamides is 1. The van der Waals surface area contributed by atoms with Gasteiger partial charge in [0.05, 0.1) is 4.90 Å². The molecule has 24 heavy (non-hydrogen) atoms. The summed E-state index contributed by atoms with van der Waals surface area (Å²) < 4.78 is 27.7. The molecular weight excluding hydrogens is 342 g/mol. The second kappa shape index (κ2) is 7.63. The monoisotopic (exact) mass is 365 g/mol. The summed E-state index contributed by atoms with van der Waals surface area (Å²) in [6.07, 6.45) is 4.82. The van der Waals surface area contributed by atoms with Crippen molar-refractivity contribution in [3.8, 4) is 0 Å². The van der Waals surface area contributed by atoms with Crippen molar-refractivity contribution >= 4 is 26.5 Å². The van der Waals surface area contributed by atoms with Crippen molar-refractivity contribution in [2.45, 2.75) is 31.1 Å². The molecule has 0 saturated carbocycles. The van der Waals surface area contributed by atoms with E-state index in [4.69, 9.17) is 0 Å².